The molecule has 140 valence electrons. The Balaban J connectivity index is 1.63. The van der Waals surface area contributed by atoms with Gasteiger partial charge in [-0.05, 0) is 36.6 Å². The van der Waals surface area contributed by atoms with Gasteiger partial charge in [0, 0.05) is 6.07 Å². The smallest absolute Gasteiger partial charge is 0.310 e. The van der Waals surface area contributed by atoms with E-state index in [9.17, 15) is 14.9 Å². The van der Waals surface area contributed by atoms with Gasteiger partial charge in [-0.25, -0.2) is 4.98 Å². The van der Waals surface area contributed by atoms with Crippen molar-refractivity contribution in [3.8, 4) is 5.75 Å². The van der Waals surface area contributed by atoms with Gasteiger partial charge in [-0.15, -0.1) is 0 Å². The van der Waals surface area contributed by atoms with Gasteiger partial charge in [0.2, 0.25) is 0 Å². The second-order valence-corrected chi connectivity index (χ2v) is 7.02. The molecule has 1 aromatic heterocycles. The van der Waals surface area contributed by atoms with Crippen LogP contribution < -0.4 is 10.1 Å². The molecule has 1 amide bonds. The van der Waals surface area contributed by atoms with E-state index in [1.54, 1.807) is 12.1 Å². The summed E-state index contributed by atoms with van der Waals surface area (Å²) < 4.78 is 6.31. The van der Waals surface area contributed by atoms with Gasteiger partial charge in [0.25, 0.3) is 5.91 Å². The molecule has 1 heterocycles. The molecule has 0 saturated carbocycles. The Morgan fingerprint density at radius 3 is 2.89 bits per heavy atom. The lowest BCUT2D eigenvalue weighted by atomic mass is 10.1. The minimum atomic E-state index is -0.545. The highest BCUT2D eigenvalue weighted by Crippen LogP contribution is 2.28. The SMILES string of the molecule is CCCCc1ccc2nc(NC(=O)COc3ccccc3[N+](=O)[O-])sc2c1. The molecule has 0 unspecified atom stereocenters. The van der Waals surface area contributed by atoms with Crippen molar-refractivity contribution in [2.75, 3.05) is 11.9 Å². The van der Waals surface area contributed by atoms with E-state index in [-0.39, 0.29) is 18.0 Å². The second kappa shape index (κ2) is 8.59. The predicted molar refractivity (Wildman–Crippen MR) is 105 cm³/mol. The molecule has 0 aliphatic rings. The van der Waals surface area contributed by atoms with Crippen molar-refractivity contribution in [2.45, 2.75) is 26.2 Å². The summed E-state index contributed by atoms with van der Waals surface area (Å²) in [6.45, 7) is 1.83. The molecule has 1 N–H and O–H groups in total. The normalized spacial score (nSPS) is 10.7. The fourth-order valence-electron chi connectivity index (χ4n) is 2.59. The molecule has 0 radical (unpaired) electrons. The van der Waals surface area contributed by atoms with Gasteiger partial charge >= 0.3 is 5.69 Å². The van der Waals surface area contributed by atoms with Gasteiger partial charge in [-0.1, -0.05) is 42.9 Å². The van der Waals surface area contributed by atoms with Crippen LogP contribution in [0.4, 0.5) is 10.8 Å². The Labute approximate surface area is 160 Å². The molecule has 0 spiro atoms. The zero-order chi connectivity index (χ0) is 19.2. The van der Waals surface area contributed by atoms with Crippen LogP contribution in [0.15, 0.2) is 42.5 Å². The van der Waals surface area contributed by atoms with Crippen LogP contribution in [0.3, 0.4) is 0 Å². The van der Waals surface area contributed by atoms with E-state index >= 15 is 0 Å². The van der Waals surface area contributed by atoms with E-state index in [0.29, 0.717) is 5.13 Å². The molecular formula is C19H19N3O4S. The van der Waals surface area contributed by atoms with E-state index in [2.05, 4.69) is 29.4 Å². The molecule has 0 fully saturated rings. The van der Waals surface area contributed by atoms with Crippen molar-refractivity contribution in [1.29, 1.82) is 0 Å². The zero-order valence-electron chi connectivity index (χ0n) is 14.8. The average Bonchev–Trinajstić information content (AvgIpc) is 3.06. The molecule has 0 aliphatic carbocycles. The predicted octanol–water partition coefficient (Wildman–Crippen LogP) is 4.56. The number of para-hydroxylation sites is 2. The minimum Gasteiger partial charge on any atom is -0.477 e. The fourth-order valence-corrected chi connectivity index (χ4v) is 3.53. The first-order chi connectivity index (χ1) is 13.1. The first-order valence-corrected chi connectivity index (χ1v) is 9.44. The summed E-state index contributed by atoms with van der Waals surface area (Å²) in [6.07, 6.45) is 3.30. The average molecular weight is 385 g/mol. The zero-order valence-corrected chi connectivity index (χ0v) is 15.6. The number of nitrogens with zero attached hydrogens (tertiary/aromatic N) is 2. The number of carbonyl (C=O) groups excluding carboxylic acids is 1. The van der Waals surface area contributed by atoms with Crippen molar-refractivity contribution in [3.05, 3.63) is 58.1 Å². The number of unbranched alkanes of at least 4 members (excludes halogenated alkanes) is 1. The summed E-state index contributed by atoms with van der Waals surface area (Å²) >= 11 is 1.40. The third kappa shape index (κ3) is 4.79. The van der Waals surface area contributed by atoms with Gasteiger partial charge in [-0.3, -0.25) is 20.2 Å². The summed E-state index contributed by atoms with van der Waals surface area (Å²) in [6, 6.07) is 12.1. The summed E-state index contributed by atoms with van der Waals surface area (Å²) in [5, 5.41) is 14.1. The summed E-state index contributed by atoms with van der Waals surface area (Å²) in [5.41, 5.74) is 1.91. The van der Waals surface area contributed by atoms with Gasteiger partial charge in [0.15, 0.2) is 17.5 Å². The van der Waals surface area contributed by atoms with E-state index in [4.69, 9.17) is 4.74 Å². The van der Waals surface area contributed by atoms with Crippen LogP contribution >= 0.6 is 11.3 Å². The van der Waals surface area contributed by atoms with Crippen LogP contribution in [0.5, 0.6) is 5.75 Å². The van der Waals surface area contributed by atoms with Crippen LogP contribution in [0.1, 0.15) is 25.3 Å². The van der Waals surface area contributed by atoms with E-state index in [1.165, 1.54) is 29.0 Å². The number of nitro groups is 1. The van der Waals surface area contributed by atoms with Crippen LogP contribution in [0.25, 0.3) is 10.2 Å². The first kappa shape index (κ1) is 18.8. The summed E-state index contributed by atoms with van der Waals surface area (Å²) in [5.74, 6) is -0.360. The monoisotopic (exact) mass is 385 g/mol. The number of aryl methyl sites for hydroxylation is 1. The number of thiazole rings is 1. The molecule has 7 nitrogen and oxygen atoms in total. The minimum absolute atomic E-state index is 0.0579. The number of nitrogens with one attached hydrogen (secondary N) is 1. The summed E-state index contributed by atoms with van der Waals surface area (Å²) in [7, 11) is 0. The highest BCUT2D eigenvalue weighted by atomic mass is 32.1. The quantitative estimate of drug-likeness (QED) is 0.453. The molecule has 0 saturated heterocycles. The van der Waals surface area contributed by atoms with Crippen molar-refractivity contribution < 1.29 is 14.5 Å². The Bertz CT molecular complexity index is 970. The topological polar surface area (TPSA) is 94.4 Å². The van der Waals surface area contributed by atoms with Crippen molar-refractivity contribution in [3.63, 3.8) is 0 Å². The molecule has 0 aliphatic heterocycles. The standard InChI is InChI=1S/C19H19N3O4S/c1-2-3-6-13-9-10-14-17(11-13)27-19(20-14)21-18(23)12-26-16-8-5-4-7-15(16)22(24)25/h4-5,7-11H,2-3,6,12H2,1H3,(H,20,21,23). The van der Waals surface area contributed by atoms with Gasteiger partial charge in [-0.2, -0.15) is 0 Å². The van der Waals surface area contributed by atoms with E-state index in [0.717, 1.165) is 29.5 Å². The second-order valence-electron chi connectivity index (χ2n) is 5.99. The lowest BCUT2D eigenvalue weighted by Gasteiger charge is -2.05. The number of carbonyl (C=O) groups is 1. The Kier molecular flexibility index (Phi) is 5.97. The largest absolute Gasteiger partial charge is 0.477 e. The van der Waals surface area contributed by atoms with Crippen molar-refractivity contribution in [1.82, 2.24) is 4.98 Å². The highest BCUT2D eigenvalue weighted by molar-refractivity contribution is 7.22. The molecule has 8 heteroatoms. The van der Waals surface area contributed by atoms with Crippen LogP contribution in [-0.4, -0.2) is 22.4 Å². The summed E-state index contributed by atoms with van der Waals surface area (Å²) in [4.78, 5) is 26.9. The van der Waals surface area contributed by atoms with Crippen LogP contribution in [0, 0.1) is 10.1 Å². The highest BCUT2D eigenvalue weighted by Gasteiger charge is 2.15. The van der Waals surface area contributed by atoms with Gasteiger partial charge < -0.3 is 4.74 Å². The Hall–Kier alpha value is -3.00. The van der Waals surface area contributed by atoms with Crippen molar-refractivity contribution in [2.24, 2.45) is 0 Å². The molecular weight excluding hydrogens is 366 g/mol. The number of benzene rings is 2. The fraction of sp³-hybridized carbons (Fsp3) is 0.263. The van der Waals surface area contributed by atoms with E-state index in [1.807, 2.05) is 6.07 Å². The number of hydrogen-bond acceptors (Lipinski definition) is 6. The number of ether oxygens (including phenoxy) is 1. The molecule has 27 heavy (non-hydrogen) atoms. The molecule has 2 aromatic carbocycles. The number of amides is 1. The van der Waals surface area contributed by atoms with Crippen molar-refractivity contribution >= 4 is 38.3 Å². The number of hydrogen-bond donors (Lipinski definition) is 1. The first-order valence-electron chi connectivity index (χ1n) is 8.62. The number of anilines is 1. The lowest BCUT2D eigenvalue weighted by Crippen LogP contribution is -2.20. The maximum absolute atomic E-state index is 12.1. The number of fused-ring (bicyclic) bond motifs is 1. The Morgan fingerprint density at radius 1 is 1.30 bits per heavy atom. The lowest BCUT2D eigenvalue weighted by molar-refractivity contribution is -0.385. The molecule has 0 bridgehead atoms. The number of aromatic nitrogens is 1. The van der Waals surface area contributed by atoms with Crippen LogP contribution in [0.2, 0.25) is 0 Å². The maximum atomic E-state index is 12.1. The molecule has 3 rings (SSSR count). The Morgan fingerprint density at radius 2 is 2.11 bits per heavy atom. The van der Waals surface area contributed by atoms with Crippen LogP contribution in [-0.2, 0) is 11.2 Å². The molecule has 0 atom stereocenters. The van der Waals surface area contributed by atoms with E-state index < -0.39 is 10.8 Å². The third-order valence-electron chi connectivity index (χ3n) is 3.94. The maximum Gasteiger partial charge on any atom is 0.310 e. The van der Waals surface area contributed by atoms with Gasteiger partial charge in [0.05, 0.1) is 15.1 Å². The third-order valence-corrected chi connectivity index (χ3v) is 4.87. The number of rotatable bonds is 8. The molecule has 3 aromatic rings. The van der Waals surface area contributed by atoms with Gasteiger partial charge in [0.1, 0.15) is 0 Å². The number of nitro benzene ring substituents is 1.